The van der Waals surface area contributed by atoms with Gasteiger partial charge in [-0.3, -0.25) is 4.79 Å². The molecule has 3 rings (SSSR count). The smallest absolute Gasteiger partial charge is 0.391 e. The molecule has 0 aromatic carbocycles. The second-order valence-corrected chi connectivity index (χ2v) is 6.67. The summed E-state index contributed by atoms with van der Waals surface area (Å²) in [5, 5.41) is 0. The van der Waals surface area contributed by atoms with Gasteiger partial charge in [-0.05, 0) is 38.3 Å². The minimum Gasteiger partial charge on any atom is -0.464 e. The van der Waals surface area contributed by atoms with E-state index in [1.807, 2.05) is 13.0 Å². The van der Waals surface area contributed by atoms with Crippen LogP contribution in [0.1, 0.15) is 43.2 Å². The molecule has 7 heteroatoms. The van der Waals surface area contributed by atoms with E-state index >= 15 is 0 Å². The zero-order valence-electron chi connectivity index (χ0n) is 13.6. The summed E-state index contributed by atoms with van der Waals surface area (Å²) in [5.41, 5.74) is 0. The number of hydrogen-bond acceptors (Lipinski definition) is 3. The van der Waals surface area contributed by atoms with Crippen molar-refractivity contribution in [3.05, 3.63) is 23.7 Å². The Morgan fingerprint density at radius 2 is 2.08 bits per heavy atom. The molecule has 0 radical (unpaired) electrons. The van der Waals surface area contributed by atoms with Gasteiger partial charge in [-0.1, -0.05) is 6.42 Å². The van der Waals surface area contributed by atoms with Gasteiger partial charge in [0.2, 0.25) is 5.91 Å². The zero-order valence-corrected chi connectivity index (χ0v) is 13.6. The maximum Gasteiger partial charge on any atom is 0.391 e. The first-order chi connectivity index (χ1) is 11.4. The van der Waals surface area contributed by atoms with Crippen molar-refractivity contribution in [1.82, 2.24) is 4.90 Å². The number of ether oxygens (including phenoxy) is 1. The monoisotopic (exact) mass is 345 g/mol. The highest BCUT2D eigenvalue weighted by molar-refractivity contribution is 5.79. The maximum atomic E-state index is 13.0. The molecule has 0 bridgehead atoms. The summed E-state index contributed by atoms with van der Waals surface area (Å²) in [6, 6.07) is 3.26. The standard InChI is InChI=1S/C17H22F3NO3/c1-11-5-6-15(24-11)14-10-23-8-7-21(14)16(22)12-3-2-4-13(9-12)17(18,19)20/h5-6,12-14H,2-4,7-10H2,1H3/t12-,13-,14+/m1/s1. The van der Waals surface area contributed by atoms with Gasteiger partial charge in [-0.15, -0.1) is 0 Å². The van der Waals surface area contributed by atoms with Crippen molar-refractivity contribution in [2.24, 2.45) is 11.8 Å². The van der Waals surface area contributed by atoms with Crippen LogP contribution in [0.15, 0.2) is 16.5 Å². The van der Waals surface area contributed by atoms with Crippen molar-refractivity contribution in [3.63, 3.8) is 0 Å². The Balaban J connectivity index is 1.74. The van der Waals surface area contributed by atoms with Crippen LogP contribution in [0.4, 0.5) is 13.2 Å². The normalized spacial score (nSPS) is 28.8. The molecule has 3 atom stereocenters. The van der Waals surface area contributed by atoms with E-state index in [-0.39, 0.29) is 24.8 Å². The fourth-order valence-electron chi connectivity index (χ4n) is 3.68. The van der Waals surface area contributed by atoms with Gasteiger partial charge in [0.25, 0.3) is 0 Å². The van der Waals surface area contributed by atoms with E-state index in [1.54, 1.807) is 11.0 Å². The molecule has 1 aliphatic heterocycles. The third-order valence-corrected chi connectivity index (χ3v) is 4.99. The van der Waals surface area contributed by atoms with E-state index in [9.17, 15) is 18.0 Å². The lowest BCUT2D eigenvalue weighted by Crippen LogP contribution is -2.47. The highest BCUT2D eigenvalue weighted by Crippen LogP contribution is 2.41. The van der Waals surface area contributed by atoms with E-state index in [1.165, 1.54) is 0 Å². The molecule has 1 amide bonds. The molecule has 1 saturated heterocycles. The summed E-state index contributed by atoms with van der Waals surface area (Å²) in [5.74, 6) is -0.777. The second kappa shape index (κ2) is 6.78. The van der Waals surface area contributed by atoms with E-state index in [0.717, 1.165) is 5.76 Å². The molecule has 0 unspecified atom stereocenters. The topological polar surface area (TPSA) is 42.7 Å². The number of carbonyl (C=O) groups is 1. The molecule has 134 valence electrons. The van der Waals surface area contributed by atoms with Gasteiger partial charge in [0.05, 0.1) is 19.1 Å². The first kappa shape index (κ1) is 17.3. The van der Waals surface area contributed by atoms with Crippen LogP contribution >= 0.6 is 0 Å². The number of carbonyl (C=O) groups excluding carboxylic acids is 1. The third-order valence-electron chi connectivity index (χ3n) is 4.99. The number of nitrogens with zero attached hydrogens (tertiary/aromatic N) is 1. The number of halogens is 3. The molecule has 1 aliphatic carbocycles. The van der Waals surface area contributed by atoms with Crippen molar-refractivity contribution in [2.75, 3.05) is 19.8 Å². The van der Waals surface area contributed by atoms with E-state index in [4.69, 9.17) is 9.15 Å². The molecule has 4 nitrogen and oxygen atoms in total. The first-order valence-corrected chi connectivity index (χ1v) is 8.37. The Bertz CT molecular complexity index is 584. The Morgan fingerprint density at radius 1 is 1.29 bits per heavy atom. The largest absolute Gasteiger partial charge is 0.464 e. The van der Waals surface area contributed by atoms with Crippen LogP contribution < -0.4 is 0 Å². The van der Waals surface area contributed by atoms with Crippen molar-refractivity contribution in [2.45, 2.75) is 44.8 Å². The van der Waals surface area contributed by atoms with Crippen LogP contribution in [-0.2, 0) is 9.53 Å². The van der Waals surface area contributed by atoms with Gasteiger partial charge >= 0.3 is 6.18 Å². The number of morpholine rings is 1. The third kappa shape index (κ3) is 3.61. The van der Waals surface area contributed by atoms with Crippen LogP contribution in [0.2, 0.25) is 0 Å². The predicted octanol–water partition coefficient (Wildman–Crippen LogP) is 3.86. The van der Waals surface area contributed by atoms with Gasteiger partial charge in [-0.2, -0.15) is 13.2 Å². The highest BCUT2D eigenvalue weighted by atomic mass is 19.4. The van der Waals surface area contributed by atoms with Crippen LogP contribution in [-0.4, -0.2) is 36.7 Å². The summed E-state index contributed by atoms with van der Waals surface area (Å²) >= 11 is 0. The average molecular weight is 345 g/mol. The minimum atomic E-state index is -4.22. The molecular formula is C17H22F3NO3. The molecule has 0 spiro atoms. The van der Waals surface area contributed by atoms with Crippen LogP contribution in [0.5, 0.6) is 0 Å². The van der Waals surface area contributed by atoms with Crippen LogP contribution in [0.3, 0.4) is 0 Å². The maximum absolute atomic E-state index is 13.0. The summed E-state index contributed by atoms with van der Waals surface area (Å²) in [4.78, 5) is 14.5. The molecule has 1 saturated carbocycles. The van der Waals surface area contributed by atoms with Crippen LogP contribution in [0, 0.1) is 18.8 Å². The Hall–Kier alpha value is -1.50. The van der Waals surface area contributed by atoms with Crippen molar-refractivity contribution >= 4 is 5.91 Å². The van der Waals surface area contributed by atoms with Gasteiger partial charge < -0.3 is 14.1 Å². The Kier molecular flexibility index (Phi) is 4.90. The number of amides is 1. The summed E-state index contributed by atoms with van der Waals surface area (Å²) in [6.07, 6.45) is -3.25. The molecule has 24 heavy (non-hydrogen) atoms. The van der Waals surface area contributed by atoms with E-state index < -0.39 is 18.0 Å². The van der Waals surface area contributed by atoms with E-state index in [0.29, 0.717) is 38.4 Å². The lowest BCUT2D eigenvalue weighted by atomic mass is 9.80. The van der Waals surface area contributed by atoms with Crippen molar-refractivity contribution in [3.8, 4) is 0 Å². The predicted molar refractivity (Wildman–Crippen MR) is 80.2 cm³/mol. The molecule has 2 aliphatic rings. The number of hydrogen-bond donors (Lipinski definition) is 0. The van der Waals surface area contributed by atoms with Crippen LogP contribution in [0.25, 0.3) is 0 Å². The fourth-order valence-corrected chi connectivity index (χ4v) is 3.68. The molecule has 2 heterocycles. The number of aryl methyl sites for hydroxylation is 1. The van der Waals surface area contributed by atoms with Gasteiger partial charge in [0.15, 0.2) is 0 Å². The average Bonchev–Trinajstić information content (AvgIpc) is 3.00. The number of rotatable bonds is 2. The molecule has 1 aromatic heterocycles. The van der Waals surface area contributed by atoms with E-state index in [2.05, 4.69) is 0 Å². The van der Waals surface area contributed by atoms with Gasteiger partial charge in [0, 0.05) is 12.5 Å². The van der Waals surface area contributed by atoms with Crippen molar-refractivity contribution in [1.29, 1.82) is 0 Å². The van der Waals surface area contributed by atoms with Gasteiger partial charge in [0.1, 0.15) is 17.6 Å². The molecular weight excluding hydrogens is 323 g/mol. The quantitative estimate of drug-likeness (QED) is 0.817. The fraction of sp³-hybridized carbons (Fsp3) is 0.706. The lowest BCUT2D eigenvalue weighted by molar-refractivity contribution is -0.188. The minimum absolute atomic E-state index is 0.108. The first-order valence-electron chi connectivity index (χ1n) is 8.37. The SMILES string of the molecule is Cc1ccc([C@@H]2COCCN2C(=O)[C@@H]2CCC[C@@H](C(F)(F)F)C2)o1. The second-order valence-electron chi connectivity index (χ2n) is 6.67. The highest BCUT2D eigenvalue weighted by Gasteiger charge is 2.45. The Labute approximate surface area is 138 Å². The summed E-state index contributed by atoms with van der Waals surface area (Å²) in [6.45, 7) is 2.91. The number of alkyl halides is 3. The molecule has 1 aromatic rings. The summed E-state index contributed by atoms with van der Waals surface area (Å²) < 4.78 is 50.1. The zero-order chi connectivity index (χ0) is 17.3. The number of furan rings is 1. The Morgan fingerprint density at radius 3 is 2.75 bits per heavy atom. The molecule has 2 fully saturated rings. The van der Waals surface area contributed by atoms with Crippen molar-refractivity contribution < 1.29 is 27.1 Å². The summed E-state index contributed by atoms with van der Waals surface area (Å²) in [7, 11) is 0. The van der Waals surface area contributed by atoms with Gasteiger partial charge in [-0.25, -0.2) is 0 Å². The molecule has 0 N–H and O–H groups in total. The lowest BCUT2D eigenvalue weighted by Gasteiger charge is -2.38.